The van der Waals surface area contributed by atoms with Crippen LogP contribution in [0.25, 0.3) is 0 Å². The van der Waals surface area contributed by atoms with Gasteiger partial charge in [0.1, 0.15) is 6.04 Å². The number of nitrogens with zero attached hydrogens (tertiary/aromatic N) is 1. The second-order valence-electron chi connectivity index (χ2n) is 10.1. The lowest BCUT2D eigenvalue weighted by Gasteiger charge is -2.34. The van der Waals surface area contributed by atoms with Crippen molar-refractivity contribution in [2.75, 3.05) is 14.2 Å². The fourth-order valence-electron chi connectivity index (χ4n) is 4.22. The molecule has 0 saturated heterocycles. The van der Waals surface area contributed by atoms with Crippen LogP contribution < -0.4 is 14.8 Å². The molecule has 0 saturated carbocycles. The Kier molecular flexibility index (Phi) is 9.72. The van der Waals surface area contributed by atoms with Gasteiger partial charge in [0, 0.05) is 24.9 Å². The van der Waals surface area contributed by atoms with Gasteiger partial charge >= 0.3 is 0 Å². The smallest absolute Gasteiger partial charge is 0.243 e. The van der Waals surface area contributed by atoms with Gasteiger partial charge in [-0.05, 0) is 56.0 Å². The van der Waals surface area contributed by atoms with E-state index in [9.17, 15) is 9.59 Å². The largest absolute Gasteiger partial charge is 0.493 e. The fraction of sp³-hybridized carbons (Fsp3) is 0.355. The van der Waals surface area contributed by atoms with Crippen LogP contribution >= 0.6 is 0 Å². The molecule has 0 radical (unpaired) electrons. The molecule has 3 aromatic carbocycles. The van der Waals surface area contributed by atoms with Gasteiger partial charge in [-0.3, -0.25) is 9.59 Å². The number of carbonyl (C=O) groups is 2. The summed E-state index contributed by atoms with van der Waals surface area (Å²) in [5.74, 6) is 1.03. The first-order chi connectivity index (χ1) is 17.7. The van der Waals surface area contributed by atoms with E-state index in [1.54, 1.807) is 19.1 Å². The third-order valence-electron chi connectivity index (χ3n) is 6.04. The molecule has 6 heteroatoms. The third kappa shape index (κ3) is 8.38. The van der Waals surface area contributed by atoms with Gasteiger partial charge in [-0.25, -0.2) is 0 Å². The number of amides is 2. The van der Waals surface area contributed by atoms with Crippen LogP contribution in [0, 0.1) is 0 Å². The van der Waals surface area contributed by atoms with E-state index in [1.807, 2.05) is 99.6 Å². The zero-order valence-electron chi connectivity index (χ0n) is 22.5. The van der Waals surface area contributed by atoms with Gasteiger partial charge in [-0.1, -0.05) is 66.7 Å². The van der Waals surface area contributed by atoms with Crippen LogP contribution in [-0.4, -0.2) is 42.5 Å². The van der Waals surface area contributed by atoms with Crippen LogP contribution in [0.1, 0.15) is 43.9 Å². The highest BCUT2D eigenvalue weighted by atomic mass is 16.5. The van der Waals surface area contributed by atoms with E-state index >= 15 is 0 Å². The zero-order valence-corrected chi connectivity index (χ0v) is 22.5. The minimum atomic E-state index is -0.653. The number of methoxy groups -OCH3 is 2. The first-order valence-electron chi connectivity index (χ1n) is 12.6. The summed E-state index contributed by atoms with van der Waals surface area (Å²) in [6, 6.07) is 24.7. The maximum atomic E-state index is 13.8. The Hall–Kier alpha value is -3.80. The van der Waals surface area contributed by atoms with Gasteiger partial charge in [0.2, 0.25) is 11.8 Å². The van der Waals surface area contributed by atoms with Gasteiger partial charge in [0.25, 0.3) is 0 Å². The summed E-state index contributed by atoms with van der Waals surface area (Å²) in [6.45, 7) is 6.20. The van der Waals surface area contributed by atoms with Crippen molar-refractivity contribution in [1.82, 2.24) is 10.2 Å². The topological polar surface area (TPSA) is 67.9 Å². The summed E-state index contributed by atoms with van der Waals surface area (Å²) in [5, 5.41) is 3.10. The Balaban J connectivity index is 1.90. The summed E-state index contributed by atoms with van der Waals surface area (Å²) in [6.07, 6.45) is 1.21. The average molecular weight is 503 g/mol. The Labute approximate surface area is 220 Å². The highest BCUT2D eigenvalue weighted by Crippen LogP contribution is 2.28. The number of benzene rings is 3. The van der Waals surface area contributed by atoms with Crippen LogP contribution in [0.15, 0.2) is 78.9 Å². The van der Waals surface area contributed by atoms with E-state index in [2.05, 4.69) is 5.32 Å². The predicted molar refractivity (Wildman–Crippen MR) is 147 cm³/mol. The van der Waals surface area contributed by atoms with Gasteiger partial charge < -0.3 is 19.7 Å². The molecule has 0 bridgehead atoms. The lowest BCUT2D eigenvalue weighted by atomic mass is 9.99. The summed E-state index contributed by atoms with van der Waals surface area (Å²) < 4.78 is 10.8. The molecule has 0 fully saturated rings. The van der Waals surface area contributed by atoms with Crippen molar-refractivity contribution in [1.29, 1.82) is 0 Å². The van der Waals surface area contributed by atoms with E-state index < -0.39 is 11.6 Å². The van der Waals surface area contributed by atoms with Crippen molar-refractivity contribution >= 4 is 11.8 Å². The molecule has 3 rings (SSSR count). The molecule has 0 heterocycles. The summed E-state index contributed by atoms with van der Waals surface area (Å²) >= 11 is 0. The third-order valence-corrected chi connectivity index (χ3v) is 6.04. The molecular formula is C31H38N2O4. The molecule has 37 heavy (non-hydrogen) atoms. The van der Waals surface area contributed by atoms with Crippen LogP contribution in [-0.2, 0) is 29.0 Å². The van der Waals surface area contributed by atoms with Crippen molar-refractivity contribution in [2.45, 2.75) is 58.2 Å². The van der Waals surface area contributed by atoms with E-state index in [1.165, 1.54) is 0 Å². The highest BCUT2D eigenvalue weighted by molar-refractivity contribution is 5.88. The quantitative estimate of drug-likeness (QED) is 0.392. The molecular weight excluding hydrogens is 464 g/mol. The predicted octanol–water partition coefficient (Wildman–Crippen LogP) is 5.19. The molecule has 6 nitrogen and oxygen atoms in total. The van der Waals surface area contributed by atoms with E-state index in [0.717, 1.165) is 16.7 Å². The fourth-order valence-corrected chi connectivity index (χ4v) is 4.22. The maximum absolute atomic E-state index is 13.8. The lowest BCUT2D eigenvalue weighted by Crippen LogP contribution is -2.54. The van der Waals surface area contributed by atoms with Crippen molar-refractivity contribution in [3.05, 3.63) is 95.6 Å². The minimum absolute atomic E-state index is 0.0800. The number of ether oxygens (including phenoxy) is 2. The highest BCUT2D eigenvalue weighted by Gasteiger charge is 2.32. The normalized spacial score (nSPS) is 11.9. The van der Waals surface area contributed by atoms with Crippen molar-refractivity contribution in [3.63, 3.8) is 0 Å². The second kappa shape index (κ2) is 12.9. The van der Waals surface area contributed by atoms with Gasteiger partial charge in [0.15, 0.2) is 11.5 Å². The van der Waals surface area contributed by atoms with Crippen LogP contribution in [0.2, 0.25) is 0 Å². The van der Waals surface area contributed by atoms with E-state index in [4.69, 9.17) is 9.47 Å². The SMILES string of the molecule is COc1ccc(CCC(=O)N(Cc2ccccc2)[C@@H](Cc2ccccc2)C(=O)NC(C)(C)C)cc1OC. The number of carbonyl (C=O) groups excluding carboxylic acids is 2. The average Bonchev–Trinajstić information content (AvgIpc) is 2.89. The molecule has 1 N–H and O–H groups in total. The van der Waals surface area contributed by atoms with Crippen molar-refractivity contribution in [3.8, 4) is 11.5 Å². The number of hydrogen-bond acceptors (Lipinski definition) is 4. The van der Waals surface area contributed by atoms with Crippen LogP contribution in [0.4, 0.5) is 0 Å². The Morgan fingerprint density at radius 2 is 1.41 bits per heavy atom. The van der Waals surface area contributed by atoms with Crippen molar-refractivity contribution in [2.24, 2.45) is 0 Å². The molecule has 1 atom stereocenters. The van der Waals surface area contributed by atoms with Crippen LogP contribution in [0.5, 0.6) is 11.5 Å². The van der Waals surface area contributed by atoms with Gasteiger partial charge in [-0.2, -0.15) is 0 Å². The zero-order chi connectivity index (χ0) is 26.8. The molecule has 0 aliphatic carbocycles. The Bertz CT molecular complexity index is 1160. The molecule has 0 spiro atoms. The summed E-state index contributed by atoms with van der Waals surface area (Å²) in [7, 11) is 3.19. The van der Waals surface area contributed by atoms with Gasteiger partial charge in [-0.15, -0.1) is 0 Å². The molecule has 0 aliphatic rings. The Morgan fingerprint density at radius 3 is 1.97 bits per heavy atom. The first-order valence-corrected chi connectivity index (χ1v) is 12.6. The summed E-state index contributed by atoms with van der Waals surface area (Å²) in [4.78, 5) is 29.1. The number of nitrogens with one attached hydrogen (secondary N) is 1. The lowest BCUT2D eigenvalue weighted by molar-refractivity contribution is -0.141. The standard InChI is InChI=1S/C31H38N2O4/c1-31(2,3)32-30(35)26(20-23-12-8-6-9-13-23)33(22-25-14-10-7-11-15-25)29(34)19-17-24-16-18-27(36-4)28(21-24)37-5/h6-16,18,21,26H,17,19-20,22H2,1-5H3,(H,32,35)/t26-/m0/s1. The minimum Gasteiger partial charge on any atom is -0.493 e. The van der Waals surface area contributed by atoms with Crippen LogP contribution in [0.3, 0.4) is 0 Å². The van der Waals surface area contributed by atoms with Gasteiger partial charge in [0.05, 0.1) is 14.2 Å². The maximum Gasteiger partial charge on any atom is 0.243 e. The molecule has 0 aliphatic heterocycles. The molecule has 2 amide bonds. The number of rotatable bonds is 11. The monoisotopic (exact) mass is 502 g/mol. The summed E-state index contributed by atoms with van der Waals surface area (Å²) in [5.41, 5.74) is 2.52. The molecule has 3 aromatic rings. The number of hydrogen-bond donors (Lipinski definition) is 1. The molecule has 0 unspecified atom stereocenters. The molecule has 196 valence electrons. The first kappa shape index (κ1) is 27.8. The second-order valence-corrected chi connectivity index (χ2v) is 10.1. The molecule has 0 aromatic heterocycles. The number of aryl methyl sites for hydroxylation is 1. The van der Waals surface area contributed by atoms with E-state index in [-0.39, 0.29) is 18.2 Å². The van der Waals surface area contributed by atoms with Crippen molar-refractivity contribution < 1.29 is 19.1 Å². The Morgan fingerprint density at radius 1 is 0.811 bits per heavy atom. The van der Waals surface area contributed by atoms with E-state index in [0.29, 0.717) is 30.9 Å².